The van der Waals surface area contributed by atoms with Gasteiger partial charge in [-0.1, -0.05) is 53.7 Å². The highest BCUT2D eigenvalue weighted by Gasteiger charge is 2.08. The quantitative estimate of drug-likeness (QED) is 0.496. The average molecular weight is 268 g/mol. The van der Waals surface area contributed by atoms with Crippen molar-refractivity contribution in [2.45, 2.75) is 12.8 Å². The standard InChI is InChI=1S/C16H16N2O2/c19-16(17-14-9-5-2-6-10-14)12-11-15(18-20)13-7-3-1-4-8-13/h1-10,20H,11-12H2,(H,17,19)/b18-15-. The number of carbonyl (C=O) groups is 1. The van der Waals surface area contributed by atoms with Gasteiger partial charge in [0, 0.05) is 18.5 Å². The van der Waals surface area contributed by atoms with Crippen molar-refractivity contribution >= 4 is 17.3 Å². The maximum atomic E-state index is 11.8. The van der Waals surface area contributed by atoms with Crippen LogP contribution >= 0.6 is 0 Å². The second-order valence-electron chi connectivity index (χ2n) is 4.33. The van der Waals surface area contributed by atoms with E-state index in [1.807, 2.05) is 60.7 Å². The Morgan fingerprint density at radius 3 is 2.15 bits per heavy atom. The molecule has 0 atom stereocenters. The molecule has 0 unspecified atom stereocenters. The fourth-order valence-corrected chi connectivity index (χ4v) is 1.86. The normalized spacial score (nSPS) is 11.1. The molecule has 2 rings (SSSR count). The summed E-state index contributed by atoms with van der Waals surface area (Å²) in [6.07, 6.45) is 0.655. The van der Waals surface area contributed by atoms with E-state index in [0.717, 1.165) is 11.3 Å². The fraction of sp³-hybridized carbons (Fsp3) is 0.125. The van der Waals surface area contributed by atoms with Gasteiger partial charge < -0.3 is 10.5 Å². The molecule has 0 aromatic heterocycles. The molecule has 2 aromatic rings. The number of carbonyl (C=O) groups excluding carboxylic acids is 1. The monoisotopic (exact) mass is 268 g/mol. The highest BCUT2D eigenvalue weighted by Crippen LogP contribution is 2.09. The van der Waals surface area contributed by atoms with Gasteiger partial charge in [0.15, 0.2) is 0 Å². The van der Waals surface area contributed by atoms with E-state index >= 15 is 0 Å². The number of oxime groups is 1. The Labute approximate surface area is 117 Å². The Hall–Kier alpha value is -2.62. The summed E-state index contributed by atoms with van der Waals surface area (Å²) >= 11 is 0. The Morgan fingerprint density at radius 2 is 1.55 bits per heavy atom. The zero-order valence-electron chi connectivity index (χ0n) is 11.0. The summed E-state index contributed by atoms with van der Waals surface area (Å²) in [4.78, 5) is 11.8. The zero-order chi connectivity index (χ0) is 14.2. The topological polar surface area (TPSA) is 61.7 Å². The molecule has 0 fully saturated rings. The van der Waals surface area contributed by atoms with Crippen LogP contribution in [0.5, 0.6) is 0 Å². The summed E-state index contributed by atoms with van der Waals surface area (Å²) in [6, 6.07) is 18.6. The van der Waals surface area contributed by atoms with Crippen molar-refractivity contribution in [3.63, 3.8) is 0 Å². The molecule has 20 heavy (non-hydrogen) atoms. The van der Waals surface area contributed by atoms with Crippen LogP contribution in [0.15, 0.2) is 65.8 Å². The van der Waals surface area contributed by atoms with Crippen LogP contribution in [0.2, 0.25) is 0 Å². The molecule has 0 radical (unpaired) electrons. The molecule has 0 heterocycles. The smallest absolute Gasteiger partial charge is 0.224 e. The minimum Gasteiger partial charge on any atom is -0.411 e. The van der Waals surface area contributed by atoms with E-state index in [1.165, 1.54) is 0 Å². The van der Waals surface area contributed by atoms with Crippen molar-refractivity contribution in [3.8, 4) is 0 Å². The molecule has 0 aliphatic carbocycles. The van der Waals surface area contributed by atoms with Gasteiger partial charge in [0.05, 0.1) is 5.71 Å². The molecule has 2 aromatic carbocycles. The number of hydrogen-bond acceptors (Lipinski definition) is 3. The number of hydrogen-bond donors (Lipinski definition) is 2. The maximum Gasteiger partial charge on any atom is 0.224 e. The van der Waals surface area contributed by atoms with Gasteiger partial charge >= 0.3 is 0 Å². The Balaban J connectivity index is 1.90. The number of benzene rings is 2. The molecule has 102 valence electrons. The van der Waals surface area contributed by atoms with Crippen LogP contribution in [-0.4, -0.2) is 16.8 Å². The molecule has 1 amide bonds. The molecule has 0 spiro atoms. The largest absolute Gasteiger partial charge is 0.411 e. The number of anilines is 1. The first kappa shape index (κ1) is 13.8. The van der Waals surface area contributed by atoms with Crippen molar-refractivity contribution in [1.29, 1.82) is 0 Å². The molecule has 0 bridgehead atoms. The maximum absolute atomic E-state index is 11.8. The minimum atomic E-state index is -0.103. The summed E-state index contributed by atoms with van der Waals surface area (Å²) < 4.78 is 0. The Morgan fingerprint density at radius 1 is 0.950 bits per heavy atom. The summed E-state index contributed by atoms with van der Waals surface area (Å²) in [5, 5.41) is 15.1. The molecule has 4 nitrogen and oxygen atoms in total. The van der Waals surface area contributed by atoms with E-state index < -0.39 is 0 Å². The zero-order valence-corrected chi connectivity index (χ0v) is 11.0. The molecule has 0 aliphatic rings. The third-order valence-corrected chi connectivity index (χ3v) is 2.87. The predicted molar refractivity (Wildman–Crippen MR) is 79.1 cm³/mol. The molecule has 4 heteroatoms. The third-order valence-electron chi connectivity index (χ3n) is 2.87. The van der Waals surface area contributed by atoms with Crippen molar-refractivity contribution < 1.29 is 10.0 Å². The van der Waals surface area contributed by atoms with Crippen LogP contribution in [0, 0.1) is 0 Å². The molecule has 2 N–H and O–H groups in total. The third kappa shape index (κ3) is 3.95. The van der Waals surface area contributed by atoms with Crippen LogP contribution in [0.25, 0.3) is 0 Å². The predicted octanol–water partition coefficient (Wildman–Crippen LogP) is 3.28. The minimum absolute atomic E-state index is 0.103. The highest BCUT2D eigenvalue weighted by molar-refractivity contribution is 6.02. The van der Waals surface area contributed by atoms with E-state index in [0.29, 0.717) is 12.1 Å². The first-order valence-electron chi connectivity index (χ1n) is 6.41. The Bertz CT molecular complexity index is 580. The van der Waals surface area contributed by atoms with E-state index in [9.17, 15) is 4.79 Å². The van der Waals surface area contributed by atoms with Crippen molar-refractivity contribution in [3.05, 3.63) is 66.2 Å². The number of nitrogens with zero attached hydrogens (tertiary/aromatic N) is 1. The molecular formula is C16H16N2O2. The number of amides is 1. The van der Waals surface area contributed by atoms with E-state index in [1.54, 1.807) is 0 Å². The SMILES string of the molecule is O=C(CC/C(=N/O)c1ccccc1)Nc1ccccc1. The van der Waals surface area contributed by atoms with Crippen molar-refractivity contribution in [1.82, 2.24) is 0 Å². The van der Waals surface area contributed by atoms with Gasteiger partial charge in [0.1, 0.15) is 0 Å². The van der Waals surface area contributed by atoms with E-state index in [-0.39, 0.29) is 12.3 Å². The summed E-state index contributed by atoms with van der Waals surface area (Å²) in [7, 11) is 0. The first-order chi connectivity index (χ1) is 9.79. The second kappa shape index (κ2) is 7.09. The number of rotatable bonds is 5. The number of para-hydroxylation sites is 1. The highest BCUT2D eigenvalue weighted by atomic mass is 16.4. The van der Waals surface area contributed by atoms with Crippen molar-refractivity contribution in [2.24, 2.45) is 5.16 Å². The van der Waals surface area contributed by atoms with Gasteiger partial charge in [-0.25, -0.2) is 0 Å². The lowest BCUT2D eigenvalue weighted by Gasteiger charge is -2.06. The van der Waals surface area contributed by atoms with Crippen LogP contribution in [0.1, 0.15) is 18.4 Å². The summed E-state index contributed by atoms with van der Waals surface area (Å²) in [5.41, 5.74) is 2.09. The lowest BCUT2D eigenvalue weighted by Crippen LogP contribution is -2.13. The van der Waals surface area contributed by atoms with E-state index in [2.05, 4.69) is 10.5 Å². The van der Waals surface area contributed by atoms with Gasteiger partial charge in [0.25, 0.3) is 0 Å². The van der Waals surface area contributed by atoms with Gasteiger partial charge in [0.2, 0.25) is 5.91 Å². The summed E-state index contributed by atoms with van der Waals surface area (Å²) in [5.74, 6) is -0.103. The van der Waals surface area contributed by atoms with Gasteiger partial charge in [-0.15, -0.1) is 0 Å². The molecule has 0 saturated heterocycles. The van der Waals surface area contributed by atoms with Gasteiger partial charge in [-0.05, 0) is 17.7 Å². The lowest BCUT2D eigenvalue weighted by molar-refractivity contribution is -0.116. The van der Waals surface area contributed by atoms with Gasteiger partial charge in [-0.3, -0.25) is 4.79 Å². The van der Waals surface area contributed by atoms with Gasteiger partial charge in [-0.2, -0.15) is 0 Å². The van der Waals surface area contributed by atoms with Crippen molar-refractivity contribution in [2.75, 3.05) is 5.32 Å². The van der Waals surface area contributed by atoms with Crippen LogP contribution in [-0.2, 0) is 4.79 Å². The number of nitrogens with one attached hydrogen (secondary N) is 1. The Kier molecular flexibility index (Phi) is 4.89. The average Bonchev–Trinajstić information content (AvgIpc) is 2.50. The fourth-order valence-electron chi connectivity index (χ4n) is 1.86. The second-order valence-corrected chi connectivity index (χ2v) is 4.33. The lowest BCUT2D eigenvalue weighted by atomic mass is 10.1. The van der Waals surface area contributed by atoms with E-state index in [4.69, 9.17) is 5.21 Å². The first-order valence-corrected chi connectivity index (χ1v) is 6.41. The summed E-state index contributed by atoms with van der Waals surface area (Å²) in [6.45, 7) is 0. The van der Waals surface area contributed by atoms with Crippen LogP contribution < -0.4 is 5.32 Å². The van der Waals surface area contributed by atoms with Crippen LogP contribution in [0.3, 0.4) is 0 Å². The molecular weight excluding hydrogens is 252 g/mol. The molecule has 0 aliphatic heterocycles. The van der Waals surface area contributed by atoms with Crippen LogP contribution in [0.4, 0.5) is 5.69 Å². The molecule has 0 saturated carbocycles.